The van der Waals surface area contributed by atoms with Crippen molar-refractivity contribution in [3.05, 3.63) is 72.9 Å². The summed E-state index contributed by atoms with van der Waals surface area (Å²) in [5.41, 5.74) is 0. The van der Waals surface area contributed by atoms with Gasteiger partial charge in [-0.15, -0.1) is 0 Å². The molecule has 0 aliphatic rings. The lowest BCUT2D eigenvalue weighted by molar-refractivity contribution is -0.167. The molecule has 458 valence electrons. The number of unbranched alkanes of at least 4 members (excludes halogenated alkanes) is 40. The lowest BCUT2D eigenvalue weighted by Crippen LogP contribution is -2.30. The third-order valence-corrected chi connectivity index (χ3v) is 15.2. The van der Waals surface area contributed by atoms with Gasteiger partial charge >= 0.3 is 17.9 Å². The minimum atomic E-state index is -0.768. The fourth-order valence-corrected chi connectivity index (χ4v) is 10.1. The molecule has 0 rings (SSSR count). The molecule has 0 N–H and O–H groups in total. The number of carbonyl (C=O) groups is 3. The molecule has 0 amide bonds. The molecular formula is C73H130O6. The first kappa shape index (κ1) is 75.8. The number of allylic oxidation sites excluding steroid dienone is 12. The van der Waals surface area contributed by atoms with E-state index in [4.69, 9.17) is 14.2 Å². The van der Waals surface area contributed by atoms with E-state index < -0.39 is 6.10 Å². The molecule has 6 heteroatoms. The van der Waals surface area contributed by atoms with Gasteiger partial charge in [0.25, 0.3) is 0 Å². The van der Waals surface area contributed by atoms with Crippen LogP contribution < -0.4 is 0 Å². The fourth-order valence-electron chi connectivity index (χ4n) is 10.1. The molecule has 0 spiro atoms. The Bertz CT molecular complexity index is 1450. The molecule has 0 saturated carbocycles. The quantitative estimate of drug-likeness (QED) is 0.0261. The zero-order chi connectivity index (χ0) is 57.1. The van der Waals surface area contributed by atoms with Crippen LogP contribution >= 0.6 is 0 Å². The van der Waals surface area contributed by atoms with Crippen LogP contribution in [0.15, 0.2) is 72.9 Å². The maximum atomic E-state index is 12.9. The Balaban J connectivity index is 4.00. The predicted octanol–water partition coefficient (Wildman–Crippen LogP) is 23.7. The highest BCUT2D eigenvalue weighted by Crippen LogP contribution is 2.18. The molecule has 0 bridgehead atoms. The van der Waals surface area contributed by atoms with Gasteiger partial charge in [0.1, 0.15) is 13.2 Å². The van der Waals surface area contributed by atoms with Crippen LogP contribution in [0.5, 0.6) is 0 Å². The zero-order valence-corrected chi connectivity index (χ0v) is 52.6. The lowest BCUT2D eigenvalue weighted by atomic mass is 10.0. The van der Waals surface area contributed by atoms with Crippen molar-refractivity contribution in [2.45, 2.75) is 361 Å². The molecular weight excluding hydrogens is 973 g/mol. The SMILES string of the molecule is CC/C=C\C/C=C\C/C=C\C/C=C\C/C=C\C/C=C\CCCCCCCCCCCCCCCCCCC(=O)OCC(COC(=O)CCCCCCCCC)OC(=O)CCCCCCCCCCCCCCCCCCCCC. The van der Waals surface area contributed by atoms with Crippen LogP contribution in [-0.4, -0.2) is 37.2 Å². The second kappa shape index (κ2) is 67.4. The van der Waals surface area contributed by atoms with Crippen molar-refractivity contribution >= 4 is 17.9 Å². The summed E-state index contributed by atoms with van der Waals surface area (Å²) < 4.78 is 16.9. The van der Waals surface area contributed by atoms with Gasteiger partial charge in [0.2, 0.25) is 0 Å². The Morgan fingerprint density at radius 1 is 0.266 bits per heavy atom. The summed E-state index contributed by atoms with van der Waals surface area (Å²) in [6, 6.07) is 0. The minimum absolute atomic E-state index is 0.0686. The Kier molecular flexibility index (Phi) is 64.7. The molecule has 0 aliphatic heterocycles. The van der Waals surface area contributed by atoms with Crippen molar-refractivity contribution in [1.82, 2.24) is 0 Å². The smallest absolute Gasteiger partial charge is 0.306 e. The van der Waals surface area contributed by atoms with Gasteiger partial charge < -0.3 is 14.2 Å². The molecule has 0 aromatic rings. The first-order valence-electron chi connectivity index (χ1n) is 34.4. The highest BCUT2D eigenvalue weighted by molar-refractivity contribution is 5.71. The van der Waals surface area contributed by atoms with Gasteiger partial charge in [0, 0.05) is 19.3 Å². The molecule has 1 unspecified atom stereocenters. The number of hydrogen-bond acceptors (Lipinski definition) is 6. The van der Waals surface area contributed by atoms with Crippen LogP contribution in [0.2, 0.25) is 0 Å². The van der Waals surface area contributed by atoms with Crippen molar-refractivity contribution in [1.29, 1.82) is 0 Å². The zero-order valence-electron chi connectivity index (χ0n) is 52.6. The van der Waals surface area contributed by atoms with Gasteiger partial charge in [0.15, 0.2) is 6.10 Å². The summed E-state index contributed by atoms with van der Waals surface area (Å²) in [5, 5.41) is 0. The van der Waals surface area contributed by atoms with Gasteiger partial charge in [-0.05, 0) is 70.6 Å². The summed E-state index contributed by atoms with van der Waals surface area (Å²) in [6.45, 7) is 6.54. The van der Waals surface area contributed by atoms with Crippen molar-refractivity contribution in [2.75, 3.05) is 13.2 Å². The molecule has 0 fully saturated rings. The van der Waals surface area contributed by atoms with Gasteiger partial charge in [0.05, 0.1) is 0 Å². The van der Waals surface area contributed by atoms with E-state index in [9.17, 15) is 14.4 Å². The maximum Gasteiger partial charge on any atom is 0.306 e. The Morgan fingerprint density at radius 2 is 0.494 bits per heavy atom. The average Bonchev–Trinajstić information content (AvgIpc) is 3.45. The monoisotopic (exact) mass is 1100 g/mol. The highest BCUT2D eigenvalue weighted by atomic mass is 16.6. The summed E-state index contributed by atoms with van der Waals surface area (Å²) >= 11 is 0. The van der Waals surface area contributed by atoms with Crippen molar-refractivity contribution in [3.63, 3.8) is 0 Å². The van der Waals surface area contributed by atoms with Crippen LogP contribution in [0.25, 0.3) is 0 Å². The van der Waals surface area contributed by atoms with Crippen LogP contribution in [0.3, 0.4) is 0 Å². The van der Waals surface area contributed by atoms with Crippen molar-refractivity contribution in [3.8, 4) is 0 Å². The standard InChI is InChI=1S/C73H130O6/c1-4-7-10-13-16-18-20-22-24-26-28-29-30-31-32-33-34-35-36-37-38-39-40-41-42-43-45-46-48-50-52-54-57-60-63-66-72(75)78-69-70(68-77-71(74)65-62-59-56-15-12-9-6-3)79-73(76)67-64-61-58-55-53-51-49-47-44-27-25-23-21-19-17-14-11-8-5-2/h7,10,16,18,22,24,28-29,31-32,34-35,70H,4-6,8-9,11-15,17,19-21,23,25-27,30,33,36-69H2,1-3H3/b10-7-,18-16-,24-22-,29-28-,32-31-,35-34-. The van der Waals surface area contributed by atoms with Gasteiger partial charge in [-0.1, -0.05) is 338 Å². The van der Waals surface area contributed by atoms with E-state index in [1.807, 2.05) is 0 Å². The predicted molar refractivity (Wildman–Crippen MR) is 344 cm³/mol. The molecule has 0 aromatic heterocycles. The van der Waals surface area contributed by atoms with Crippen LogP contribution in [-0.2, 0) is 28.6 Å². The number of carbonyl (C=O) groups excluding carboxylic acids is 3. The molecule has 0 heterocycles. The van der Waals surface area contributed by atoms with E-state index in [1.165, 1.54) is 218 Å². The Hall–Kier alpha value is -3.15. The summed E-state index contributed by atoms with van der Waals surface area (Å²) in [4.78, 5) is 38.1. The Labute approximate surface area is 491 Å². The molecule has 0 aromatic carbocycles. The van der Waals surface area contributed by atoms with Crippen LogP contribution in [0.4, 0.5) is 0 Å². The second-order valence-corrected chi connectivity index (χ2v) is 23.1. The van der Waals surface area contributed by atoms with Crippen LogP contribution in [0.1, 0.15) is 355 Å². The summed E-state index contributed by atoms with van der Waals surface area (Å²) in [5.74, 6) is -0.854. The van der Waals surface area contributed by atoms with E-state index in [-0.39, 0.29) is 31.1 Å². The molecule has 0 radical (unpaired) electrons. The first-order chi connectivity index (χ1) is 39.0. The van der Waals surface area contributed by atoms with Crippen LogP contribution in [0, 0.1) is 0 Å². The third kappa shape index (κ3) is 65.5. The summed E-state index contributed by atoms with van der Waals surface area (Å²) in [6.07, 6.45) is 88.2. The largest absolute Gasteiger partial charge is 0.462 e. The van der Waals surface area contributed by atoms with Crippen molar-refractivity contribution in [2.24, 2.45) is 0 Å². The van der Waals surface area contributed by atoms with E-state index in [0.717, 1.165) is 96.3 Å². The van der Waals surface area contributed by atoms with E-state index in [0.29, 0.717) is 19.3 Å². The average molecular weight is 1100 g/mol. The number of ether oxygens (including phenoxy) is 3. The second-order valence-electron chi connectivity index (χ2n) is 23.1. The lowest BCUT2D eigenvalue weighted by Gasteiger charge is -2.18. The van der Waals surface area contributed by atoms with E-state index in [2.05, 4.69) is 93.7 Å². The normalized spacial score (nSPS) is 12.5. The molecule has 0 saturated heterocycles. The highest BCUT2D eigenvalue weighted by Gasteiger charge is 2.19. The maximum absolute atomic E-state index is 12.9. The molecule has 0 aliphatic carbocycles. The number of rotatable bonds is 63. The van der Waals surface area contributed by atoms with Gasteiger partial charge in [-0.25, -0.2) is 0 Å². The van der Waals surface area contributed by atoms with E-state index in [1.54, 1.807) is 0 Å². The third-order valence-electron chi connectivity index (χ3n) is 15.2. The van der Waals surface area contributed by atoms with E-state index >= 15 is 0 Å². The Morgan fingerprint density at radius 3 is 0.772 bits per heavy atom. The summed E-state index contributed by atoms with van der Waals surface area (Å²) in [7, 11) is 0. The van der Waals surface area contributed by atoms with Gasteiger partial charge in [-0.3, -0.25) is 14.4 Å². The minimum Gasteiger partial charge on any atom is -0.462 e. The molecule has 1 atom stereocenters. The van der Waals surface area contributed by atoms with Gasteiger partial charge in [-0.2, -0.15) is 0 Å². The number of esters is 3. The number of hydrogen-bond donors (Lipinski definition) is 0. The first-order valence-corrected chi connectivity index (χ1v) is 34.4. The molecule has 6 nitrogen and oxygen atoms in total. The topological polar surface area (TPSA) is 78.9 Å². The fraction of sp³-hybridized carbons (Fsp3) is 0.795. The van der Waals surface area contributed by atoms with Crippen molar-refractivity contribution < 1.29 is 28.6 Å². The molecule has 79 heavy (non-hydrogen) atoms.